The number of nitrogens with zero attached hydrogens (tertiary/aromatic N) is 10. The number of aromatic nitrogens is 8. The fourth-order valence-electron chi connectivity index (χ4n) is 8.72. The average molecular weight is 1150 g/mol. The summed E-state index contributed by atoms with van der Waals surface area (Å²) in [6.45, 7) is 29.7. The van der Waals surface area contributed by atoms with Gasteiger partial charge in [-0.15, -0.1) is 10.2 Å². The predicted octanol–water partition coefficient (Wildman–Crippen LogP) is 11.0. The minimum atomic E-state index is -0.503. The Bertz CT molecular complexity index is 2810. The van der Waals surface area contributed by atoms with Gasteiger partial charge in [0.15, 0.2) is 0 Å². The monoisotopic (exact) mass is 1150 g/mol. The summed E-state index contributed by atoms with van der Waals surface area (Å²) < 4.78 is 28.2. The van der Waals surface area contributed by atoms with Gasteiger partial charge in [-0.1, -0.05) is 71.2 Å². The molecule has 2 aliphatic rings. The van der Waals surface area contributed by atoms with Crippen molar-refractivity contribution in [2.45, 2.75) is 164 Å². The topological polar surface area (TPSA) is 165 Å². The number of rotatable bonds is 12. The second kappa shape index (κ2) is 29.6. The van der Waals surface area contributed by atoms with Crippen molar-refractivity contribution < 1.29 is 40.9 Å². The van der Waals surface area contributed by atoms with Crippen LogP contribution in [-0.2, 0) is 15.9 Å². The SMILES string of the molecule is CCCCc1cc(C)cc(Oc2cccc(-c3c(C)nnn3C3CCN(C(=O)OC(C)(C)C)CC3)n2)c1.Cc1cc(Br)cc(Oc2cccc(-c3c(C)nnn3C3CCN(C(=O)OC(C)(C)C)CC3)n2)c1.[CH2-]CCC.[Cl-].[Mg+2]. The second-order valence-electron chi connectivity index (χ2n) is 21.3. The zero-order valence-corrected chi connectivity index (χ0v) is 51.1. The molecule has 6 aromatic rings. The van der Waals surface area contributed by atoms with Crippen molar-refractivity contribution in [1.82, 2.24) is 49.8 Å². The fraction of sp³-hybridized carbons (Fsp3) is 0.500. The first-order chi connectivity index (χ1) is 35.6. The molecule has 19 heteroatoms. The Morgan fingerprint density at radius 3 is 1.44 bits per heavy atom. The molecule has 2 fully saturated rings. The molecule has 16 nitrogen and oxygen atoms in total. The fourth-order valence-corrected chi connectivity index (χ4v) is 9.31. The smallest absolute Gasteiger partial charge is 1.00 e. The van der Waals surface area contributed by atoms with E-state index >= 15 is 0 Å². The molecule has 0 unspecified atom stereocenters. The normalized spacial score (nSPS) is 13.9. The zero-order valence-electron chi connectivity index (χ0n) is 47.4. The first kappa shape index (κ1) is 64.2. The van der Waals surface area contributed by atoms with Crippen LogP contribution >= 0.6 is 15.9 Å². The summed E-state index contributed by atoms with van der Waals surface area (Å²) in [5.41, 5.74) is 7.44. The van der Waals surface area contributed by atoms with E-state index in [9.17, 15) is 9.59 Å². The third-order valence-electron chi connectivity index (χ3n) is 12.3. The number of hydrogen-bond donors (Lipinski definition) is 0. The summed E-state index contributed by atoms with van der Waals surface area (Å²) >= 11 is 3.51. The molecular weight excluding hydrogens is 1070 g/mol. The van der Waals surface area contributed by atoms with Crippen molar-refractivity contribution in [3.63, 3.8) is 0 Å². The number of amides is 2. The standard InChI is InChI=1S/C29H39N5O3.C25H30BrN5O3.C4H9.ClH.Mg/c1-7-8-10-22-17-20(2)18-24(19-22)36-26-12-9-11-25(30-26)27-21(3)31-32-34(27)23-13-15-33(16-14-23)28(35)37-29(4,5)6;1-16-13-18(26)15-20(14-16)33-22-8-6-7-21(27-22)23-17(2)28-29-31(23)19-9-11-30(12-10-19)24(32)34-25(3,4)5;1-3-4-2;;/h9,11-12,17-19,23H,7-8,10,13-16H2,1-6H3;6-8,13-15,19H,9-12H2,1-5H3;1,3-4H2,2H3;1H;/q;;-1;;+2/p-1. The van der Waals surface area contributed by atoms with Crippen molar-refractivity contribution in [2.24, 2.45) is 0 Å². The molecule has 0 saturated carbocycles. The number of benzene rings is 2. The van der Waals surface area contributed by atoms with E-state index in [4.69, 9.17) is 28.9 Å². The van der Waals surface area contributed by atoms with Crippen LogP contribution in [-0.4, -0.2) is 122 Å². The number of carbonyl (C=O) groups excluding carboxylic acids is 2. The van der Waals surface area contributed by atoms with Crippen molar-refractivity contribution in [2.75, 3.05) is 26.2 Å². The molecule has 2 aromatic carbocycles. The molecule has 4 aromatic heterocycles. The Balaban J connectivity index is 0.000000304. The van der Waals surface area contributed by atoms with Gasteiger partial charge in [-0.05, 0) is 167 Å². The number of hydrogen-bond acceptors (Lipinski definition) is 12. The molecular formula is C58H78BrClMgN10O6. The molecule has 0 aliphatic carbocycles. The first-order valence-electron chi connectivity index (χ1n) is 26.4. The van der Waals surface area contributed by atoms with Crippen LogP contribution in [0.4, 0.5) is 9.59 Å². The molecule has 77 heavy (non-hydrogen) atoms. The van der Waals surface area contributed by atoms with Gasteiger partial charge in [-0.3, -0.25) is 0 Å². The van der Waals surface area contributed by atoms with Crippen LogP contribution in [0.5, 0.6) is 23.3 Å². The molecule has 0 spiro atoms. The molecule has 0 N–H and O–H groups in total. The molecule has 8 rings (SSSR count). The van der Waals surface area contributed by atoms with Crippen molar-refractivity contribution in [1.29, 1.82) is 0 Å². The van der Waals surface area contributed by atoms with Gasteiger partial charge in [0, 0.05) is 42.8 Å². The molecule has 2 aliphatic heterocycles. The van der Waals surface area contributed by atoms with Gasteiger partial charge in [-0.25, -0.2) is 28.9 Å². The maximum Gasteiger partial charge on any atom is 2.00 e. The summed E-state index contributed by atoms with van der Waals surface area (Å²) in [4.78, 5) is 38.0. The van der Waals surface area contributed by atoms with E-state index in [0.717, 1.165) is 107 Å². The molecule has 0 atom stereocenters. The number of carbonyl (C=O) groups is 2. The van der Waals surface area contributed by atoms with Gasteiger partial charge in [-0.2, -0.15) is 6.42 Å². The van der Waals surface area contributed by atoms with Gasteiger partial charge in [0.2, 0.25) is 11.8 Å². The number of ether oxygens (including phenoxy) is 4. The van der Waals surface area contributed by atoms with Crippen LogP contribution in [0, 0.1) is 34.6 Å². The van der Waals surface area contributed by atoms with E-state index in [-0.39, 0.29) is 59.7 Å². The number of piperidine rings is 2. The maximum absolute atomic E-state index is 12.5. The third kappa shape index (κ3) is 19.2. The second-order valence-corrected chi connectivity index (χ2v) is 22.3. The number of aryl methyl sites for hydroxylation is 5. The van der Waals surface area contributed by atoms with Crippen LogP contribution in [0.15, 0.2) is 77.3 Å². The van der Waals surface area contributed by atoms with Crippen LogP contribution in [0.25, 0.3) is 22.8 Å². The van der Waals surface area contributed by atoms with Crippen LogP contribution < -0.4 is 21.9 Å². The first-order valence-corrected chi connectivity index (χ1v) is 27.2. The zero-order chi connectivity index (χ0) is 54.5. The quantitative estimate of drug-likeness (QED) is 0.0842. The summed E-state index contributed by atoms with van der Waals surface area (Å²) in [7, 11) is 0. The van der Waals surface area contributed by atoms with E-state index in [2.05, 4.69) is 76.4 Å². The van der Waals surface area contributed by atoms with E-state index in [1.54, 1.807) is 9.80 Å². The summed E-state index contributed by atoms with van der Waals surface area (Å²) in [5, 5.41) is 17.6. The Labute approximate surface area is 487 Å². The van der Waals surface area contributed by atoms with E-state index in [1.807, 2.05) is 132 Å². The summed E-state index contributed by atoms with van der Waals surface area (Å²) in [5.74, 6) is 2.56. The minimum Gasteiger partial charge on any atom is -1.00 e. The van der Waals surface area contributed by atoms with Gasteiger partial charge in [0.05, 0.1) is 34.9 Å². The molecule has 0 radical (unpaired) electrons. The van der Waals surface area contributed by atoms with Crippen molar-refractivity contribution in [3.8, 4) is 46.0 Å². The van der Waals surface area contributed by atoms with Crippen LogP contribution in [0.2, 0.25) is 0 Å². The molecule has 0 bridgehead atoms. The van der Waals surface area contributed by atoms with E-state index in [0.29, 0.717) is 37.9 Å². The van der Waals surface area contributed by atoms with Crippen molar-refractivity contribution in [3.05, 3.63) is 112 Å². The Morgan fingerprint density at radius 1 is 0.636 bits per heavy atom. The van der Waals surface area contributed by atoms with E-state index in [1.165, 1.54) is 17.5 Å². The van der Waals surface area contributed by atoms with Gasteiger partial charge in [0.25, 0.3) is 0 Å². The largest absolute Gasteiger partial charge is 2.00 e. The Hall–Kier alpha value is -5.30. The summed E-state index contributed by atoms with van der Waals surface area (Å²) in [6, 6.07) is 24.0. The van der Waals surface area contributed by atoms with Crippen LogP contribution in [0.1, 0.15) is 147 Å². The molecule has 6 heterocycles. The Kier molecular flexibility index (Phi) is 24.7. The maximum atomic E-state index is 12.5. The summed E-state index contributed by atoms with van der Waals surface area (Å²) in [6.07, 6.45) is 8.18. The average Bonchev–Trinajstić information content (AvgIpc) is 3.94. The van der Waals surface area contributed by atoms with Crippen molar-refractivity contribution >= 4 is 51.2 Å². The molecule has 2 amide bonds. The van der Waals surface area contributed by atoms with E-state index < -0.39 is 11.2 Å². The van der Waals surface area contributed by atoms with Gasteiger partial charge in [0.1, 0.15) is 34.1 Å². The number of likely N-dealkylation sites (tertiary alicyclic amines) is 2. The predicted molar refractivity (Wildman–Crippen MR) is 303 cm³/mol. The molecule has 2 saturated heterocycles. The minimum absolute atomic E-state index is 0. The van der Waals surface area contributed by atoms with Crippen LogP contribution in [0.3, 0.4) is 0 Å². The number of unbranched alkanes of at least 4 members (excludes halogenated alkanes) is 2. The number of halogens is 2. The number of pyridine rings is 2. The Morgan fingerprint density at radius 2 is 1.05 bits per heavy atom. The molecule has 412 valence electrons. The van der Waals surface area contributed by atoms with Gasteiger partial charge >= 0.3 is 35.2 Å². The third-order valence-corrected chi connectivity index (χ3v) is 12.8. The van der Waals surface area contributed by atoms with Gasteiger partial charge < -0.3 is 48.1 Å².